The van der Waals surface area contributed by atoms with Crippen LogP contribution in [0.5, 0.6) is 0 Å². The summed E-state index contributed by atoms with van der Waals surface area (Å²) in [5.74, 6) is 3.46. The molecular formula is C17H27NO3S. The minimum absolute atomic E-state index is 0.0382. The number of rotatable bonds is 6. The number of thioether (sulfide) groups is 1. The van der Waals surface area contributed by atoms with E-state index in [1.54, 1.807) is 0 Å². The molecule has 1 saturated heterocycles. The summed E-state index contributed by atoms with van der Waals surface area (Å²) in [6.07, 6.45) is 5.10. The Kier molecular flexibility index (Phi) is 6.80. The van der Waals surface area contributed by atoms with Crippen molar-refractivity contribution in [2.45, 2.75) is 52.4 Å². The van der Waals surface area contributed by atoms with Gasteiger partial charge in [-0.25, -0.2) is 0 Å². The van der Waals surface area contributed by atoms with Crippen LogP contribution in [0.2, 0.25) is 0 Å². The lowest BCUT2D eigenvalue weighted by Crippen LogP contribution is -2.30. The molecule has 1 aliphatic carbocycles. The smallest absolute Gasteiger partial charge is 0.168 e. The molecule has 1 heterocycles. The van der Waals surface area contributed by atoms with Gasteiger partial charge < -0.3 is 9.94 Å². The molecule has 0 spiro atoms. The molecule has 2 aliphatic rings. The third-order valence-electron chi connectivity index (χ3n) is 4.41. The molecule has 1 N–H and O–H groups in total. The second-order valence-electron chi connectivity index (χ2n) is 6.10. The van der Waals surface area contributed by atoms with Crippen molar-refractivity contribution in [3.8, 4) is 0 Å². The lowest BCUT2D eigenvalue weighted by Gasteiger charge is -2.32. The molecule has 1 fully saturated rings. The lowest BCUT2D eigenvalue weighted by molar-refractivity contribution is -0.117. The van der Waals surface area contributed by atoms with E-state index in [-0.39, 0.29) is 11.5 Å². The number of aliphatic hydroxyl groups is 1. The zero-order valence-electron chi connectivity index (χ0n) is 13.6. The molecule has 22 heavy (non-hydrogen) atoms. The van der Waals surface area contributed by atoms with Crippen molar-refractivity contribution in [2.75, 3.05) is 18.1 Å². The van der Waals surface area contributed by atoms with E-state index in [1.807, 2.05) is 25.6 Å². The van der Waals surface area contributed by atoms with E-state index in [0.717, 1.165) is 12.2 Å². The molecule has 0 aromatic rings. The normalized spacial score (nSPS) is 27.2. The first-order chi connectivity index (χ1) is 10.7. The average Bonchev–Trinajstić information content (AvgIpc) is 2.52. The van der Waals surface area contributed by atoms with Gasteiger partial charge in [-0.1, -0.05) is 18.5 Å². The van der Waals surface area contributed by atoms with Gasteiger partial charge in [0.2, 0.25) is 0 Å². The largest absolute Gasteiger partial charge is 0.511 e. The van der Waals surface area contributed by atoms with Gasteiger partial charge in [-0.3, -0.25) is 4.79 Å². The highest BCUT2D eigenvalue weighted by Crippen LogP contribution is 2.38. The molecule has 1 aliphatic heterocycles. The predicted molar refractivity (Wildman–Crippen MR) is 91.4 cm³/mol. The fourth-order valence-electron chi connectivity index (χ4n) is 3.32. The Morgan fingerprint density at radius 3 is 2.77 bits per heavy atom. The number of carbonyl (C=O) groups excluding carboxylic acids is 1. The molecule has 1 unspecified atom stereocenters. The van der Waals surface area contributed by atoms with Crippen LogP contribution >= 0.6 is 11.8 Å². The van der Waals surface area contributed by atoms with Gasteiger partial charge in [-0.15, -0.1) is 0 Å². The van der Waals surface area contributed by atoms with E-state index < -0.39 is 0 Å². The predicted octanol–water partition coefficient (Wildman–Crippen LogP) is 4.11. The maximum absolute atomic E-state index is 12.6. The summed E-state index contributed by atoms with van der Waals surface area (Å²) in [5.41, 5.74) is 1.04. The first-order valence-electron chi connectivity index (χ1n) is 8.39. The van der Waals surface area contributed by atoms with Gasteiger partial charge in [0.05, 0.1) is 11.3 Å². The van der Waals surface area contributed by atoms with Gasteiger partial charge in [-0.2, -0.15) is 11.8 Å². The van der Waals surface area contributed by atoms with E-state index in [2.05, 4.69) is 5.16 Å². The molecule has 0 radical (unpaired) electrons. The molecule has 0 saturated carbocycles. The molecule has 0 aromatic heterocycles. The Bertz CT molecular complexity index is 453. The zero-order valence-corrected chi connectivity index (χ0v) is 14.5. The van der Waals surface area contributed by atoms with Crippen molar-refractivity contribution in [3.63, 3.8) is 0 Å². The summed E-state index contributed by atoms with van der Waals surface area (Å²) in [5, 5.41) is 14.5. The highest BCUT2D eigenvalue weighted by atomic mass is 32.2. The maximum Gasteiger partial charge on any atom is 0.168 e. The summed E-state index contributed by atoms with van der Waals surface area (Å²) in [4.78, 5) is 17.7. The van der Waals surface area contributed by atoms with Crippen LogP contribution in [0.4, 0.5) is 0 Å². The molecule has 5 heteroatoms. The van der Waals surface area contributed by atoms with E-state index in [4.69, 9.17) is 4.84 Å². The summed E-state index contributed by atoms with van der Waals surface area (Å²) >= 11 is 1.97. The Balaban J connectivity index is 2.15. The van der Waals surface area contributed by atoms with Gasteiger partial charge in [0.25, 0.3) is 0 Å². The third-order valence-corrected chi connectivity index (χ3v) is 5.65. The van der Waals surface area contributed by atoms with Gasteiger partial charge in [0.1, 0.15) is 12.4 Å². The topological polar surface area (TPSA) is 58.9 Å². The number of hydrogen-bond donors (Lipinski definition) is 1. The van der Waals surface area contributed by atoms with Crippen molar-refractivity contribution >= 4 is 23.3 Å². The molecule has 0 aromatic carbocycles. The minimum Gasteiger partial charge on any atom is -0.511 e. The highest BCUT2D eigenvalue weighted by Gasteiger charge is 2.35. The number of aliphatic hydroxyl groups excluding tert-OH is 1. The second kappa shape index (κ2) is 8.61. The van der Waals surface area contributed by atoms with Crippen molar-refractivity contribution in [1.82, 2.24) is 0 Å². The first-order valence-corrected chi connectivity index (χ1v) is 9.55. The number of nitrogens with zero attached hydrogens (tertiary/aromatic N) is 1. The van der Waals surface area contributed by atoms with Crippen LogP contribution in [0, 0.1) is 11.8 Å². The number of Topliss-reactive ketones (excluding diaryl/α,β-unsaturated/α-hetero) is 1. The fraction of sp³-hybridized carbons (Fsp3) is 0.765. The van der Waals surface area contributed by atoms with Gasteiger partial charge in [0, 0.05) is 12.8 Å². The summed E-state index contributed by atoms with van der Waals surface area (Å²) in [6.45, 7) is 4.37. The Morgan fingerprint density at radius 1 is 1.36 bits per heavy atom. The van der Waals surface area contributed by atoms with Crippen molar-refractivity contribution in [2.24, 2.45) is 17.0 Å². The Hall–Kier alpha value is -0.970. The number of hydrogen-bond acceptors (Lipinski definition) is 5. The molecule has 0 amide bonds. The first kappa shape index (κ1) is 17.4. The van der Waals surface area contributed by atoms with Gasteiger partial charge in [-0.05, 0) is 49.5 Å². The molecule has 124 valence electrons. The number of oxime groups is 1. The SMILES string of the molecule is CCCC(=NOCC)C1=C(O)CC([C@@H]2CCCSC2)CC1=O. The van der Waals surface area contributed by atoms with Crippen LogP contribution < -0.4 is 0 Å². The number of carbonyl (C=O) groups is 1. The van der Waals surface area contributed by atoms with Crippen molar-refractivity contribution < 1.29 is 14.7 Å². The molecule has 4 nitrogen and oxygen atoms in total. The molecule has 0 bridgehead atoms. The van der Waals surface area contributed by atoms with Gasteiger partial charge in [0.15, 0.2) is 5.78 Å². The van der Waals surface area contributed by atoms with Crippen LogP contribution in [0.25, 0.3) is 0 Å². The van der Waals surface area contributed by atoms with E-state index in [9.17, 15) is 9.90 Å². The van der Waals surface area contributed by atoms with Crippen LogP contribution in [0.1, 0.15) is 52.4 Å². The maximum atomic E-state index is 12.6. The van der Waals surface area contributed by atoms with E-state index >= 15 is 0 Å². The monoisotopic (exact) mass is 325 g/mol. The van der Waals surface area contributed by atoms with Crippen LogP contribution in [-0.4, -0.2) is 34.7 Å². The summed E-state index contributed by atoms with van der Waals surface area (Å²) in [7, 11) is 0. The van der Waals surface area contributed by atoms with E-state index in [0.29, 0.717) is 49.0 Å². The van der Waals surface area contributed by atoms with Gasteiger partial charge >= 0.3 is 0 Å². The summed E-state index contributed by atoms with van der Waals surface area (Å²) in [6, 6.07) is 0. The van der Waals surface area contributed by atoms with Crippen LogP contribution in [0.15, 0.2) is 16.5 Å². The number of allylic oxidation sites excluding steroid dienone is 2. The molecular weight excluding hydrogens is 298 g/mol. The third kappa shape index (κ3) is 4.28. The zero-order chi connectivity index (χ0) is 15.9. The highest BCUT2D eigenvalue weighted by molar-refractivity contribution is 7.99. The fourth-order valence-corrected chi connectivity index (χ4v) is 4.60. The second-order valence-corrected chi connectivity index (χ2v) is 7.25. The number of ketones is 1. The molecule has 2 rings (SSSR count). The molecule has 2 atom stereocenters. The quantitative estimate of drug-likeness (QED) is 0.589. The standard InChI is InChI=1S/C17H27NO3S/c1-3-6-14(18-21-4-2)17-15(19)9-13(10-16(17)20)12-7-5-8-22-11-12/h12-13,19H,3-11H2,1-2H3/t12-,13?/m1/s1. The van der Waals surface area contributed by atoms with Crippen molar-refractivity contribution in [1.29, 1.82) is 0 Å². The van der Waals surface area contributed by atoms with E-state index in [1.165, 1.54) is 18.6 Å². The van der Waals surface area contributed by atoms with Crippen molar-refractivity contribution in [3.05, 3.63) is 11.3 Å². The minimum atomic E-state index is 0.0382. The lowest BCUT2D eigenvalue weighted by atomic mass is 9.76. The Labute approximate surface area is 137 Å². The van der Waals surface area contributed by atoms with Crippen LogP contribution in [0.3, 0.4) is 0 Å². The van der Waals surface area contributed by atoms with Crippen LogP contribution in [-0.2, 0) is 9.63 Å². The Morgan fingerprint density at radius 2 is 2.18 bits per heavy atom. The average molecular weight is 325 g/mol. The summed E-state index contributed by atoms with van der Waals surface area (Å²) < 4.78 is 0.